The zero-order valence-electron chi connectivity index (χ0n) is 9.52. The molecule has 0 amide bonds. The van der Waals surface area contributed by atoms with Gasteiger partial charge in [0.1, 0.15) is 6.61 Å². The lowest BCUT2D eigenvalue weighted by Crippen LogP contribution is -2.07. The number of nitro benzene ring substituents is 1. The predicted molar refractivity (Wildman–Crippen MR) is 64.6 cm³/mol. The van der Waals surface area contributed by atoms with Crippen molar-refractivity contribution in [3.05, 3.63) is 33.9 Å². The van der Waals surface area contributed by atoms with Gasteiger partial charge in [-0.2, -0.15) is 0 Å². The molecule has 17 heavy (non-hydrogen) atoms. The highest BCUT2D eigenvalue weighted by atomic mass is 35.5. The average molecular weight is 260 g/mol. The summed E-state index contributed by atoms with van der Waals surface area (Å²) in [5, 5.41) is 10.8. The smallest absolute Gasteiger partial charge is 0.311 e. The quantitative estimate of drug-likeness (QED) is 0.327. The minimum atomic E-state index is -0.480. The number of ether oxygens (including phenoxy) is 2. The molecular weight excluding hydrogens is 246 g/mol. The first-order valence-electron chi connectivity index (χ1n) is 5.22. The number of benzene rings is 1. The Morgan fingerprint density at radius 2 is 2.18 bits per heavy atom. The number of nitro groups is 1. The van der Waals surface area contributed by atoms with E-state index in [-0.39, 0.29) is 23.9 Å². The van der Waals surface area contributed by atoms with Crippen molar-refractivity contribution >= 4 is 17.3 Å². The van der Waals surface area contributed by atoms with Gasteiger partial charge in [0.25, 0.3) is 0 Å². The first-order chi connectivity index (χ1) is 8.19. The van der Waals surface area contributed by atoms with Crippen molar-refractivity contribution in [2.45, 2.75) is 12.8 Å². The third-order valence-electron chi connectivity index (χ3n) is 2.06. The summed E-state index contributed by atoms with van der Waals surface area (Å²) in [6.07, 6.45) is 0. The fourth-order valence-corrected chi connectivity index (χ4v) is 1.43. The lowest BCUT2D eigenvalue weighted by Gasteiger charge is -2.07. The van der Waals surface area contributed by atoms with Crippen LogP contribution in [0.4, 0.5) is 5.69 Å². The molecule has 5 nitrogen and oxygen atoms in total. The van der Waals surface area contributed by atoms with E-state index in [0.717, 1.165) is 0 Å². The van der Waals surface area contributed by atoms with Crippen LogP contribution in [0.15, 0.2) is 18.2 Å². The molecule has 1 aromatic rings. The number of hydrogen-bond donors (Lipinski definition) is 0. The summed E-state index contributed by atoms with van der Waals surface area (Å²) in [5.41, 5.74) is 0.621. The lowest BCUT2D eigenvalue weighted by molar-refractivity contribution is -0.385. The summed E-state index contributed by atoms with van der Waals surface area (Å²) >= 11 is 5.62. The van der Waals surface area contributed by atoms with E-state index in [9.17, 15) is 10.1 Å². The van der Waals surface area contributed by atoms with Gasteiger partial charge in [-0.25, -0.2) is 0 Å². The Morgan fingerprint density at radius 3 is 2.76 bits per heavy atom. The Labute approximate surface area is 104 Å². The topological polar surface area (TPSA) is 61.6 Å². The maximum atomic E-state index is 10.8. The first kappa shape index (κ1) is 13.7. The third-order valence-corrected chi connectivity index (χ3v) is 2.37. The zero-order chi connectivity index (χ0) is 12.7. The number of halogens is 1. The van der Waals surface area contributed by atoms with E-state index in [1.165, 1.54) is 6.07 Å². The van der Waals surface area contributed by atoms with Crippen LogP contribution in [0, 0.1) is 10.1 Å². The summed E-state index contributed by atoms with van der Waals surface area (Å²) < 4.78 is 10.4. The molecule has 0 aliphatic carbocycles. The minimum absolute atomic E-state index is 0.0698. The van der Waals surface area contributed by atoms with Crippen LogP contribution in [0.3, 0.4) is 0 Å². The summed E-state index contributed by atoms with van der Waals surface area (Å²) in [6, 6.07) is 4.68. The van der Waals surface area contributed by atoms with Crippen LogP contribution in [-0.4, -0.2) is 24.7 Å². The van der Waals surface area contributed by atoms with Gasteiger partial charge in [0.05, 0.1) is 11.5 Å². The van der Waals surface area contributed by atoms with E-state index in [1.807, 2.05) is 6.92 Å². The Hall–Kier alpha value is -1.33. The maximum absolute atomic E-state index is 10.8. The highest BCUT2D eigenvalue weighted by Crippen LogP contribution is 2.28. The molecule has 0 saturated heterocycles. The molecule has 0 aromatic heterocycles. The summed E-state index contributed by atoms with van der Waals surface area (Å²) in [5.74, 6) is 0.476. The molecule has 0 aliphatic heterocycles. The molecule has 0 saturated carbocycles. The van der Waals surface area contributed by atoms with Gasteiger partial charge in [-0.1, -0.05) is 6.07 Å². The van der Waals surface area contributed by atoms with Gasteiger partial charge in [-0.05, 0) is 18.6 Å². The Morgan fingerprint density at radius 1 is 1.41 bits per heavy atom. The van der Waals surface area contributed by atoms with Crippen molar-refractivity contribution in [2.24, 2.45) is 0 Å². The van der Waals surface area contributed by atoms with Crippen LogP contribution in [0.2, 0.25) is 0 Å². The molecule has 0 heterocycles. The summed E-state index contributed by atoms with van der Waals surface area (Å²) in [7, 11) is 0. The second-order valence-electron chi connectivity index (χ2n) is 3.24. The van der Waals surface area contributed by atoms with Crippen molar-refractivity contribution in [1.29, 1.82) is 0 Å². The molecule has 6 heteroatoms. The monoisotopic (exact) mass is 259 g/mol. The lowest BCUT2D eigenvalue weighted by atomic mass is 10.2. The molecular formula is C11H14ClNO4. The van der Waals surface area contributed by atoms with Crippen LogP contribution in [0.1, 0.15) is 12.5 Å². The third kappa shape index (κ3) is 4.20. The van der Waals surface area contributed by atoms with Crippen molar-refractivity contribution < 1.29 is 14.4 Å². The van der Waals surface area contributed by atoms with Gasteiger partial charge in [0.2, 0.25) is 0 Å². The second kappa shape index (κ2) is 7.09. The van der Waals surface area contributed by atoms with Crippen molar-refractivity contribution in [1.82, 2.24) is 0 Å². The second-order valence-corrected chi connectivity index (χ2v) is 3.51. The van der Waals surface area contributed by atoms with Gasteiger partial charge in [0, 0.05) is 18.6 Å². The van der Waals surface area contributed by atoms with Crippen LogP contribution >= 0.6 is 11.6 Å². The highest BCUT2D eigenvalue weighted by molar-refractivity contribution is 6.17. The Balaban J connectivity index is 2.73. The molecule has 0 atom stereocenters. The predicted octanol–water partition coefficient (Wildman–Crippen LogP) is 2.75. The molecule has 0 unspecified atom stereocenters. The maximum Gasteiger partial charge on any atom is 0.311 e. The van der Waals surface area contributed by atoms with Crippen LogP contribution in [0.5, 0.6) is 5.75 Å². The van der Waals surface area contributed by atoms with E-state index >= 15 is 0 Å². The average Bonchev–Trinajstić information content (AvgIpc) is 2.34. The number of hydrogen-bond acceptors (Lipinski definition) is 4. The molecule has 0 bridgehead atoms. The van der Waals surface area contributed by atoms with Crippen molar-refractivity contribution in [3.63, 3.8) is 0 Å². The molecule has 1 rings (SSSR count). The SMILES string of the molecule is CCOCCOc1ccc(CCl)cc1[N+](=O)[O-]. The molecule has 1 aromatic carbocycles. The molecule has 0 radical (unpaired) electrons. The number of alkyl halides is 1. The van der Waals surface area contributed by atoms with E-state index in [1.54, 1.807) is 12.1 Å². The van der Waals surface area contributed by atoms with E-state index < -0.39 is 4.92 Å². The summed E-state index contributed by atoms with van der Waals surface area (Å²) in [6.45, 7) is 3.16. The van der Waals surface area contributed by atoms with Gasteiger partial charge in [-0.15, -0.1) is 11.6 Å². The molecule has 0 fully saturated rings. The van der Waals surface area contributed by atoms with Gasteiger partial charge < -0.3 is 9.47 Å². The van der Waals surface area contributed by atoms with Crippen LogP contribution in [0.25, 0.3) is 0 Å². The highest BCUT2D eigenvalue weighted by Gasteiger charge is 2.15. The Bertz CT molecular complexity index is 384. The fourth-order valence-electron chi connectivity index (χ4n) is 1.27. The molecule has 0 spiro atoms. The molecule has 0 N–H and O–H groups in total. The zero-order valence-corrected chi connectivity index (χ0v) is 10.3. The van der Waals surface area contributed by atoms with Crippen LogP contribution < -0.4 is 4.74 Å². The number of nitrogens with zero attached hydrogens (tertiary/aromatic N) is 1. The normalized spacial score (nSPS) is 10.2. The largest absolute Gasteiger partial charge is 0.484 e. The van der Waals surface area contributed by atoms with E-state index in [0.29, 0.717) is 18.8 Å². The van der Waals surface area contributed by atoms with Gasteiger partial charge in [-0.3, -0.25) is 10.1 Å². The standard InChI is InChI=1S/C11H14ClNO4/c1-2-16-5-6-17-11-4-3-9(8-12)7-10(11)13(14)15/h3-4,7H,2,5-6,8H2,1H3. The van der Waals surface area contributed by atoms with E-state index in [4.69, 9.17) is 21.1 Å². The Kier molecular flexibility index (Phi) is 5.72. The van der Waals surface area contributed by atoms with Crippen molar-refractivity contribution in [2.75, 3.05) is 19.8 Å². The van der Waals surface area contributed by atoms with Gasteiger partial charge >= 0.3 is 5.69 Å². The minimum Gasteiger partial charge on any atom is -0.484 e. The summed E-state index contributed by atoms with van der Waals surface area (Å²) in [4.78, 5) is 10.3. The van der Waals surface area contributed by atoms with Crippen molar-refractivity contribution in [3.8, 4) is 5.75 Å². The molecule has 0 aliphatic rings. The number of rotatable bonds is 7. The fraction of sp³-hybridized carbons (Fsp3) is 0.455. The first-order valence-corrected chi connectivity index (χ1v) is 5.76. The van der Waals surface area contributed by atoms with E-state index in [2.05, 4.69) is 0 Å². The van der Waals surface area contributed by atoms with Crippen LogP contribution in [-0.2, 0) is 10.6 Å². The van der Waals surface area contributed by atoms with Gasteiger partial charge in [0.15, 0.2) is 5.75 Å². The molecule has 94 valence electrons.